The summed E-state index contributed by atoms with van der Waals surface area (Å²) < 4.78 is 2.00. The summed E-state index contributed by atoms with van der Waals surface area (Å²) in [6.45, 7) is 6.00. The van der Waals surface area contributed by atoms with Crippen molar-refractivity contribution in [2.75, 3.05) is 0 Å². The highest BCUT2D eigenvalue weighted by atomic mass is 32.2. The van der Waals surface area contributed by atoms with Crippen molar-refractivity contribution in [3.8, 4) is 11.8 Å². The number of aliphatic hydroxyl groups is 1. The molecule has 2 aromatic carbocycles. The van der Waals surface area contributed by atoms with Crippen molar-refractivity contribution in [2.45, 2.75) is 31.2 Å². The Balaban J connectivity index is 1.67. The number of imidazole rings is 2. The first-order valence-corrected chi connectivity index (χ1v) is 10.4. The lowest BCUT2D eigenvalue weighted by Crippen LogP contribution is -2.07. The van der Waals surface area contributed by atoms with Gasteiger partial charge in [-0.3, -0.25) is 4.57 Å². The lowest BCUT2D eigenvalue weighted by molar-refractivity contribution is 0.401. The van der Waals surface area contributed by atoms with E-state index in [1.54, 1.807) is 6.20 Å². The summed E-state index contributed by atoms with van der Waals surface area (Å²) in [4.78, 5) is 12.0. The Morgan fingerprint density at radius 1 is 1.20 bits per heavy atom. The van der Waals surface area contributed by atoms with Crippen molar-refractivity contribution in [2.24, 2.45) is 0 Å². The van der Waals surface area contributed by atoms with E-state index < -0.39 is 0 Å². The molecular formula is C23H21N5OS. The van der Waals surface area contributed by atoms with E-state index in [0.29, 0.717) is 5.82 Å². The molecule has 150 valence electrons. The van der Waals surface area contributed by atoms with Gasteiger partial charge in [-0.1, -0.05) is 36.0 Å². The number of aryl methyl sites for hydroxylation is 1. The van der Waals surface area contributed by atoms with Gasteiger partial charge < -0.3 is 10.1 Å². The summed E-state index contributed by atoms with van der Waals surface area (Å²) in [5.41, 5.74) is 5.12. The highest BCUT2D eigenvalue weighted by molar-refractivity contribution is 7.99. The molecule has 6 nitrogen and oxygen atoms in total. The van der Waals surface area contributed by atoms with Crippen LogP contribution in [0.15, 0.2) is 65.8 Å². The lowest BCUT2D eigenvalue weighted by atomic mass is 10.1. The predicted molar refractivity (Wildman–Crippen MR) is 120 cm³/mol. The van der Waals surface area contributed by atoms with Gasteiger partial charge in [0.25, 0.3) is 0 Å². The number of hydrogen-bond donors (Lipinski definition) is 2. The Bertz CT molecular complexity index is 1260. The van der Waals surface area contributed by atoms with Gasteiger partial charge in [0.2, 0.25) is 0 Å². The van der Waals surface area contributed by atoms with Crippen molar-refractivity contribution in [1.82, 2.24) is 19.5 Å². The second-order valence-electron chi connectivity index (χ2n) is 7.03. The molecule has 0 fully saturated rings. The molecule has 0 bridgehead atoms. The average molecular weight is 416 g/mol. The molecule has 0 amide bonds. The highest BCUT2D eigenvalue weighted by Crippen LogP contribution is 2.32. The number of nitrogens with zero attached hydrogens (tertiary/aromatic N) is 4. The summed E-state index contributed by atoms with van der Waals surface area (Å²) in [6, 6.07) is 15.8. The van der Waals surface area contributed by atoms with Crippen LogP contribution in [-0.2, 0) is 0 Å². The minimum absolute atomic E-state index is 0.0305. The third-order valence-electron chi connectivity index (χ3n) is 5.10. The predicted octanol–water partition coefficient (Wildman–Crippen LogP) is 5.34. The number of nitriles is 1. The summed E-state index contributed by atoms with van der Waals surface area (Å²) in [6.07, 6.45) is 3.64. The van der Waals surface area contributed by atoms with E-state index in [-0.39, 0.29) is 16.6 Å². The molecule has 0 aliphatic carbocycles. The van der Waals surface area contributed by atoms with Crippen LogP contribution in [-0.4, -0.2) is 29.9 Å². The number of rotatable bonds is 5. The van der Waals surface area contributed by atoms with Gasteiger partial charge in [-0.15, -0.1) is 0 Å². The molecule has 0 saturated carbocycles. The van der Waals surface area contributed by atoms with E-state index in [1.165, 1.54) is 22.9 Å². The van der Waals surface area contributed by atoms with Gasteiger partial charge in [0, 0.05) is 12.4 Å². The molecule has 1 atom stereocenters. The number of aromatic nitrogens is 4. The van der Waals surface area contributed by atoms with Crippen LogP contribution < -0.4 is 0 Å². The molecule has 2 heterocycles. The van der Waals surface area contributed by atoms with Gasteiger partial charge in [0.1, 0.15) is 17.4 Å². The third-order valence-corrected chi connectivity index (χ3v) is 6.19. The number of benzene rings is 2. The number of thioether (sulfide) groups is 1. The lowest BCUT2D eigenvalue weighted by Gasteiger charge is -2.15. The van der Waals surface area contributed by atoms with E-state index >= 15 is 0 Å². The number of para-hydroxylation sites is 2. The van der Waals surface area contributed by atoms with Crippen LogP contribution in [0.2, 0.25) is 0 Å². The first kappa shape index (κ1) is 19.8. The van der Waals surface area contributed by atoms with Crippen molar-refractivity contribution in [3.05, 3.63) is 77.6 Å². The molecular weight excluding hydrogens is 394 g/mol. The number of fused-ring (bicyclic) bond motifs is 1. The summed E-state index contributed by atoms with van der Waals surface area (Å²) in [5, 5.41) is 20.9. The Hall–Kier alpha value is -3.50. The van der Waals surface area contributed by atoms with Crippen molar-refractivity contribution in [1.29, 1.82) is 5.26 Å². The van der Waals surface area contributed by atoms with E-state index in [4.69, 9.17) is 0 Å². The fourth-order valence-corrected chi connectivity index (χ4v) is 4.22. The van der Waals surface area contributed by atoms with Gasteiger partial charge in [0.15, 0.2) is 11.0 Å². The van der Waals surface area contributed by atoms with Crippen LogP contribution in [0.1, 0.15) is 23.9 Å². The second kappa shape index (κ2) is 8.09. The molecule has 1 unspecified atom stereocenters. The summed E-state index contributed by atoms with van der Waals surface area (Å²) in [5.74, 6) is 0.332. The zero-order valence-corrected chi connectivity index (χ0v) is 17.7. The van der Waals surface area contributed by atoms with Crippen molar-refractivity contribution < 1.29 is 5.11 Å². The van der Waals surface area contributed by atoms with Crippen LogP contribution in [0.5, 0.6) is 0 Å². The number of hydrogen-bond acceptors (Lipinski definition) is 5. The molecule has 4 aromatic rings. The summed E-state index contributed by atoms with van der Waals surface area (Å²) >= 11 is 1.39. The maximum absolute atomic E-state index is 10.9. The number of H-pyrrole nitrogens is 1. The largest absolute Gasteiger partial charge is 0.510 e. The molecule has 2 aromatic heterocycles. The Kier molecular flexibility index (Phi) is 5.34. The van der Waals surface area contributed by atoms with Gasteiger partial charge >= 0.3 is 0 Å². The zero-order valence-electron chi connectivity index (χ0n) is 16.9. The maximum Gasteiger partial charge on any atom is 0.173 e. The van der Waals surface area contributed by atoms with Crippen molar-refractivity contribution in [3.63, 3.8) is 0 Å². The minimum atomic E-state index is -0.390. The maximum atomic E-state index is 10.9. The number of aliphatic hydroxyl groups excluding tert-OH is 1. The fraction of sp³-hybridized carbons (Fsp3) is 0.174. The van der Waals surface area contributed by atoms with Crippen LogP contribution in [0.25, 0.3) is 22.3 Å². The first-order chi connectivity index (χ1) is 14.5. The van der Waals surface area contributed by atoms with Crippen LogP contribution in [0, 0.1) is 25.2 Å². The van der Waals surface area contributed by atoms with Crippen LogP contribution in [0.3, 0.4) is 0 Å². The molecule has 0 aliphatic rings. The average Bonchev–Trinajstić information content (AvgIpc) is 3.37. The fourth-order valence-electron chi connectivity index (χ4n) is 3.28. The standard InChI is InChI=1S/C23H21N5OS/c1-14-7-6-10-20(15(14)2)28-12-11-25-23(28)30-16(3)21(29)17(13-24)22-26-18-8-4-5-9-19(18)27-22/h4-12,16,29H,1-3H3,(H,26,27)/b21-17+. The van der Waals surface area contributed by atoms with Gasteiger partial charge in [-0.25, -0.2) is 9.97 Å². The number of aromatic amines is 1. The van der Waals surface area contributed by atoms with E-state index in [0.717, 1.165) is 21.9 Å². The Labute approximate surface area is 178 Å². The molecule has 2 N–H and O–H groups in total. The van der Waals surface area contributed by atoms with Crippen LogP contribution in [0.4, 0.5) is 0 Å². The normalized spacial score (nSPS) is 13.1. The van der Waals surface area contributed by atoms with E-state index in [1.807, 2.05) is 54.1 Å². The number of nitrogens with one attached hydrogen (secondary N) is 1. The van der Waals surface area contributed by atoms with Crippen molar-refractivity contribution >= 4 is 28.4 Å². The quantitative estimate of drug-likeness (QED) is 0.261. The molecule has 0 radical (unpaired) electrons. The van der Waals surface area contributed by atoms with Crippen LogP contribution >= 0.6 is 11.8 Å². The summed E-state index contributed by atoms with van der Waals surface area (Å²) in [7, 11) is 0. The Morgan fingerprint density at radius 3 is 2.77 bits per heavy atom. The molecule has 0 saturated heterocycles. The monoisotopic (exact) mass is 415 g/mol. The Morgan fingerprint density at radius 2 is 2.00 bits per heavy atom. The SMILES string of the molecule is Cc1cccc(-n2ccnc2SC(C)/C(O)=C(/C#N)c2nc3ccccc3[nH]2)c1C. The molecule has 7 heteroatoms. The zero-order chi connectivity index (χ0) is 21.3. The second-order valence-corrected chi connectivity index (χ2v) is 8.34. The van der Waals surface area contributed by atoms with Gasteiger partial charge in [-0.2, -0.15) is 5.26 Å². The third kappa shape index (κ3) is 3.58. The van der Waals surface area contributed by atoms with Gasteiger partial charge in [0.05, 0.1) is 22.0 Å². The van der Waals surface area contributed by atoms with Gasteiger partial charge in [-0.05, 0) is 50.1 Å². The van der Waals surface area contributed by atoms with E-state index in [2.05, 4.69) is 40.9 Å². The number of allylic oxidation sites excluding steroid dienone is 1. The first-order valence-electron chi connectivity index (χ1n) is 9.54. The smallest absolute Gasteiger partial charge is 0.173 e. The molecule has 0 aliphatic heterocycles. The molecule has 0 spiro atoms. The van der Waals surface area contributed by atoms with E-state index in [9.17, 15) is 10.4 Å². The topological polar surface area (TPSA) is 90.5 Å². The highest BCUT2D eigenvalue weighted by Gasteiger charge is 2.21. The minimum Gasteiger partial charge on any atom is -0.510 e. The molecule has 4 rings (SSSR count). The molecule has 30 heavy (non-hydrogen) atoms.